The van der Waals surface area contributed by atoms with Crippen LogP contribution in [0.2, 0.25) is 0 Å². The SMILES string of the molecule is CNc1ccnc(SC)n1. The molecule has 0 bridgehead atoms. The highest BCUT2D eigenvalue weighted by Gasteiger charge is 1.92. The van der Waals surface area contributed by atoms with Crippen LogP contribution in [-0.2, 0) is 0 Å². The zero-order valence-electron chi connectivity index (χ0n) is 5.96. The van der Waals surface area contributed by atoms with Gasteiger partial charge in [-0.05, 0) is 12.3 Å². The predicted octanol–water partition coefficient (Wildman–Crippen LogP) is 1.24. The lowest BCUT2D eigenvalue weighted by Crippen LogP contribution is -1.93. The van der Waals surface area contributed by atoms with Crippen LogP contribution in [0.3, 0.4) is 0 Å². The minimum absolute atomic E-state index is 0.798. The van der Waals surface area contributed by atoms with Gasteiger partial charge in [0.2, 0.25) is 0 Å². The Labute approximate surface area is 64.3 Å². The quantitative estimate of drug-likeness (QED) is 0.515. The number of nitrogens with one attached hydrogen (secondary N) is 1. The highest BCUT2D eigenvalue weighted by atomic mass is 32.2. The van der Waals surface area contributed by atoms with Crippen molar-refractivity contribution in [3.05, 3.63) is 12.3 Å². The summed E-state index contributed by atoms with van der Waals surface area (Å²) in [5.41, 5.74) is 0. The van der Waals surface area contributed by atoms with E-state index in [1.807, 2.05) is 19.4 Å². The highest BCUT2D eigenvalue weighted by Crippen LogP contribution is 2.09. The van der Waals surface area contributed by atoms with Crippen molar-refractivity contribution in [3.8, 4) is 0 Å². The average molecular weight is 155 g/mol. The van der Waals surface area contributed by atoms with E-state index in [2.05, 4.69) is 15.3 Å². The van der Waals surface area contributed by atoms with E-state index in [9.17, 15) is 0 Å². The molecule has 0 aromatic carbocycles. The standard InChI is InChI=1S/C6H9N3S/c1-7-5-3-4-8-6(9-5)10-2/h3-4H,1-2H3,(H,7,8,9). The Hall–Kier alpha value is -0.770. The van der Waals surface area contributed by atoms with Gasteiger partial charge in [0.25, 0.3) is 0 Å². The third kappa shape index (κ3) is 1.60. The van der Waals surface area contributed by atoms with Crippen LogP contribution in [0.4, 0.5) is 5.82 Å². The Balaban J connectivity index is 2.87. The summed E-state index contributed by atoms with van der Waals surface area (Å²) < 4.78 is 0. The lowest BCUT2D eigenvalue weighted by Gasteiger charge is -1.98. The number of hydrogen-bond acceptors (Lipinski definition) is 4. The molecule has 54 valence electrons. The van der Waals surface area contributed by atoms with Gasteiger partial charge in [0.05, 0.1) is 0 Å². The van der Waals surface area contributed by atoms with E-state index >= 15 is 0 Å². The second-order valence-corrected chi connectivity index (χ2v) is 2.45. The van der Waals surface area contributed by atoms with Crippen LogP contribution in [-0.4, -0.2) is 23.3 Å². The van der Waals surface area contributed by atoms with Gasteiger partial charge < -0.3 is 5.32 Å². The molecule has 0 amide bonds. The van der Waals surface area contributed by atoms with Gasteiger partial charge in [-0.3, -0.25) is 0 Å². The molecule has 3 nitrogen and oxygen atoms in total. The number of anilines is 1. The van der Waals surface area contributed by atoms with E-state index in [1.54, 1.807) is 6.20 Å². The molecule has 0 aliphatic heterocycles. The Kier molecular flexibility index (Phi) is 2.50. The van der Waals surface area contributed by atoms with Gasteiger partial charge in [0, 0.05) is 13.2 Å². The molecule has 0 saturated carbocycles. The molecule has 1 N–H and O–H groups in total. The maximum absolute atomic E-state index is 4.15. The molecule has 0 aliphatic carbocycles. The molecular formula is C6H9N3S. The molecule has 10 heavy (non-hydrogen) atoms. The lowest BCUT2D eigenvalue weighted by atomic mass is 10.6. The Morgan fingerprint density at radius 1 is 1.60 bits per heavy atom. The minimum atomic E-state index is 0.798. The first-order valence-electron chi connectivity index (χ1n) is 2.91. The van der Waals surface area contributed by atoms with E-state index in [4.69, 9.17) is 0 Å². The normalized spacial score (nSPS) is 9.40. The van der Waals surface area contributed by atoms with Gasteiger partial charge in [0.15, 0.2) is 5.16 Å². The summed E-state index contributed by atoms with van der Waals surface area (Å²) >= 11 is 1.54. The largest absolute Gasteiger partial charge is 0.373 e. The molecule has 1 aromatic rings. The van der Waals surface area contributed by atoms with Crippen molar-refractivity contribution in [2.24, 2.45) is 0 Å². The van der Waals surface area contributed by atoms with Crippen molar-refractivity contribution in [3.63, 3.8) is 0 Å². The molecule has 0 fully saturated rings. The van der Waals surface area contributed by atoms with Crippen molar-refractivity contribution in [2.75, 3.05) is 18.6 Å². The van der Waals surface area contributed by atoms with E-state index in [1.165, 1.54) is 11.8 Å². The van der Waals surface area contributed by atoms with Gasteiger partial charge in [-0.15, -0.1) is 0 Å². The fourth-order valence-corrected chi connectivity index (χ4v) is 0.934. The van der Waals surface area contributed by atoms with Crippen molar-refractivity contribution >= 4 is 17.6 Å². The summed E-state index contributed by atoms with van der Waals surface area (Å²) in [5.74, 6) is 0.861. The van der Waals surface area contributed by atoms with Crippen LogP contribution in [0.15, 0.2) is 17.4 Å². The van der Waals surface area contributed by atoms with Crippen molar-refractivity contribution in [1.29, 1.82) is 0 Å². The smallest absolute Gasteiger partial charge is 0.189 e. The molecule has 1 heterocycles. The number of hydrogen-bond donors (Lipinski definition) is 1. The second kappa shape index (κ2) is 3.41. The van der Waals surface area contributed by atoms with Crippen molar-refractivity contribution in [2.45, 2.75) is 5.16 Å². The Bertz CT molecular complexity index is 195. The Morgan fingerprint density at radius 3 is 3.00 bits per heavy atom. The van der Waals surface area contributed by atoms with E-state index in [0.29, 0.717) is 0 Å². The first-order valence-corrected chi connectivity index (χ1v) is 4.14. The highest BCUT2D eigenvalue weighted by molar-refractivity contribution is 7.98. The first-order chi connectivity index (χ1) is 4.86. The van der Waals surface area contributed by atoms with Gasteiger partial charge in [-0.2, -0.15) is 0 Å². The molecular weight excluding hydrogens is 146 g/mol. The zero-order valence-corrected chi connectivity index (χ0v) is 6.77. The topological polar surface area (TPSA) is 37.8 Å². The molecule has 1 aromatic heterocycles. The predicted molar refractivity (Wildman–Crippen MR) is 43.4 cm³/mol. The molecule has 4 heteroatoms. The van der Waals surface area contributed by atoms with Crippen LogP contribution in [0, 0.1) is 0 Å². The van der Waals surface area contributed by atoms with Gasteiger partial charge in [-0.1, -0.05) is 11.8 Å². The summed E-state index contributed by atoms with van der Waals surface area (Å²) in [7, 11) is 1.84. The molecule has 0 spiro atoms. The summed E-state index contributed by atoms with van der Waals surface area (Å²) in [6.07, 6.45) is 3.69. The first kappa shape index (κ1) is 7.34. The van der Waals surface area contributed by atoms with Gasteiger partial charge in [0.1, 0.15) is 5.82 Å². The maximum atomic E-state index is 4.15. The fourth-order valence-electron chi connectivity index (χ4n) is 0.578. The fraction of sp³-hybridized carbons (Fsp3) is 0.333. The van der Waals surface area contributed by atoms with E-state index in [0.717, 1.165) is 11.0 Å². The van der Waals surface area contributed by atoms with E-state index < -0.39 is 0 Å². The lowest BCUT2D eigenvalue weighted by molar-refractivity contribution is 0.972. The van der Waals surface area contributed by atoms with Crippen LogP contribution in [0.25, 0.3) is 0 Å². The minimum Gasteiger partial charge on any atom is -0.373 e. The molecule has 0 radical (unpaired) electrons. The summed E-state index contributed by atoms with van der Waals surface area (Å²) in [5, 5.41) is 3.74. The summed E-state index contributed by atoms with van der Waals surface area (Å²) in [4.78, 5) is 8.17. The number of nitrogens with zero attached hydrogens (tertiary/aromatic N) is 2. The number of rotatable bonds is 2. The second-order valence-electron chi connectivity index (χ2n) is 1.68. The summed E-state index contributed by atoms with van der Waals surface area (Å²) in [6.45, 7) is 0. The monoisotopic (exact) mass is 155 g/mol. The third-order valence-electron chi connectivity index (χ3n) is 1.07. The molecule has 0 atom stereocenters. The maximum Gasteiger partial charge on any atom is 0.189 e. The van der Waals surface area contributed by atoms with Crippen LogP contribution >= 0.6 is 11.8 Å². The Morgan fingerprint density at radius 2 is 2.40 bits per heavy atom. The molecule has 1 rings (SSSR count). The van der Waals surface area contributed by atoms with Gasteiger partial charge >= 0.3 is 0 Å². The van der Waals surface area contributed by atoms with Crippen LogP contribution in [0.1, 0.15) is 0 Å². The van der Waals surface area contributed by atoms with Crippen molar-refractivity contribution in [1.82, 2.24) is 9.97 Å². The number of thioether (sulfide) groups is 1. The third-order valence-corrected chi connectivity index (χ3v) is 1.63. The van der Waals surface area contributed by atoms with Gasteiger partial charge in [-0.25, -0.2) is 9.97 Å². The van der Waals surface area contributed by atoms with Crippen LogP contribution < -0.4 is 5.32 Å². The van der Waals surface area contributed by atoms with E-state index in [-0.39, 0.29) is 0 Å². The average Bonchev–Trinajstić information content (AvgIpc) is 2.05. The molecule has 0 aliphatic rings. The number of aromatic nitrogens is 2. The zero-order chi connectivity index (χ0) is 7.40. The van der Waals surface area contributed by atoms with Crippen molar-refractivity contribution < 1.29 is 0 Å². The molecule has 0 unspecified atom stereocenters. The van der Waals surface area contributed by atoms with Crippen LogP contribution in [0.5, 0.6) is 0 Å². The summed E-state index contributed by atoms with van der Waals surface area (Å²) in [6, 6.07) is 1.83. The molecule has 0 saturated heterocycles.